The van der Waals surface area contributed by atoms with Gasteiger partial charge in [0.05, 0.1) is 0 Å². The summed E-state index contributed by atoms with van der Waals surface area (Å²) in [5, 5.41) is 0.710. The Labute approximate surface area is 115 Å². The smallest absolute Gasteiger partial charge is 0.123 e. The van der Waals surface area contributed by atoms with Crippen LogP contribution in [0.2, 0.25) is 5.02 Å². The van der Waals surface area contributed by atoms with Gasteiger partial charge in [-0.2, -0.15) is 0 Å². The quantitative estimate of drug-likeness (QED) is 0.912. The molecule has 1 nitrogen and oxygen atoms in total. The first kappa shape index (κ1) is 13.4. The van der Waals surface area contributed by atoms with Crippen LogP contribution in [-0.4, -0.2) is 6.54 Å². The first-order valence-electron chi connectivity index (χ1n) is 5.61. The fourth-order valence-corrected chi connectivity index (χ4v) is 2.78. The molecule has 4 heteroatoms. The standard InChI is InChI=1S/C14H13ClFNS/c15-11-1-6-14(10(9-11)7-8-17)18-13-4-2-12(16)3-5-13/h1-6,9H,7-8,17H2. The van der Waals surface area contributed by atoms with Crippen LogP contribution in [-0.2, 0) is 6.42 Å². The van der Waals surface area contributed by atoms with E-state index in [0.717, 1.165) is 21.8 Å². The fraction of sp³-hybridized carbons (Fsp3) is 0.143. The lowest BCUT2D eigenvalue weighted by molar-refractivity contribution is 0.626. The van der Waals surface area contributed by atoms with Gasteiger partial charge in [-0.3, -0.25) is 0 Å². The normalized spacial score (nSPS) is 10.6. The van der Waals surface area contributed by atoms with Crippen molar-refractivity contribution in [2.75, 3.05) is 6.54 Å². The summed E-state index contributed by atoms with van der Waals surface area (Å²) >= 11 is 7.57. The summed E-state index contributed by atoms with van der Waals surface area (Å²) in [6, 6.07) is 12.2. The Balaban J connectivity index is 2.25. The van der Waals surface area contributed by atoms with E-state index in [0.29, 0.717) is 11.6 Å². The highest BCUT2D eigenvalue weighted by atomic mass is 35.5. The van der Waals surface area contributed by atoms with E-state index in [4.69, 9.17) is 17.3 Å². The van der Waals surface area contributed by atoms with Crippen molar-refractivity contribution in [1.29, 1.82) is 0 Å². The molecule has 0 fully saturated rings. The summed E-state index contributed by atoms with van der Waals surface area (Å²) in [4.78, 5) is 2.11. The Morgan fingerprint density at radius 3 is 2.50 bits per heavy atom. The van der Waals surface area contributed by atoms with Gasteiger partial charge in [0.2, 0.25) is 0 Å². The minimum atomic E-state index is -0.224. The molecule has 2 aromatic rings. The van der Waals surface area contributed by atoms with Crippen molar-refractivity contribution in [2.24, 2.45) is 5.73 Å². The fourth-order valence-electron chi connectivity index (χ4n) is 1.63. The highest BCUT2D eigenvalue weighted by Crippen LogP contribution is 2.32. The predicted molar refractivity (Wildman–Crippen MR) is 74.7 cm³/mol. The van der Waals surface area contributed by atoms with Crippen molar-refractivity contribution in [3.05, 3.63) is 58.9 Å². The molecule has 2 aromatic carbocycles. The largest absolute Gasteiger partial charge is 0.330 e. The van der Waals surface area contributed by atoms with Crippen LogP contribution < -0.4 is 5.73 Å². The summed E-state index contributed by atoms with van der Waals surface area (Å²) < 4.78 is 12.8. The Hall–Kier alpha value is -1.03. The van der Waals surface area contributed by atoms with E-state index < -0.39 is 0 Å². The molecule has 0 aliphatic rings. The molecule has 0 radical (unpaired) electrons. The van der Waals surface area contributed by atoms with Crippen LogP contribution in [0.3, 0.4) is 0 Å². The molecular weight excluding hydrogens is 269 g/mol. The number of hydrogen-bond acceptors (Lipinski definition) is 2. The Kier molecular flexibility index (Phi) is 4.64. The number of nitrogens with two attached hydrogens (primary N) is 1. The predicted octanol–water partition coefficient (Wildman–Crippen LogP) is 4.13. The maximum Gasteiger partial charge on any atom is 0.123 e. The van der Waals surface area contributed by atoms with E-state index in [9.17, 15) is 4.39 Å². The van der Waals surface area contributed by atoms with Crippen molar-refractivity contribution in [3.63, 3.8) is 0 Å². The summed E-state index contributed by atoms with van der Waals surface area (Å²) in [5.74, 6) is -0.224. The van der Waals surface area contributed by atoms with E-state index in [1.165, 1.54) is 12.1 Å². The lowest BCUT2D eigenvalue weighted by atomic mass is 10.1. The molecule has 18 heavy (non-hydrogen) atoms. The molecule has 2 N–H and O–H groups in total. The molecule has 0 spiro atoms. The molecule has 0 aromatic heterocycles. The summed E-state index contributed by atoms with van der Waals surface area (Å²) in [6.07, 6.45) is 0.782. The van der Waals surface area contributed by atoms with Crippen LogP contribution in [0.4, 0.5) is 4.39 Å². The molecule has 0 amide bonds. The van der Waals surface area contributed by atoms with Crippen LogP contribution in [0.5, 0.6) is 0 Å². The lowest BCUT2D eigenvalue weighted by Crippen LogP contribution is -2.03. The second-order valence-corrected chi connectivity index (χ2v) is 5.40. The van der Waals surface area contributed by atoms with Gasteiger partial charge in [-0.25, -0.2) is 4.39 Å². The first-order valence-corrected chi connectivity index (χ1v) is 6.80. The van der Waals surface area contributed by atoms with Crippen molar-refractivity contribution < 1.29 is 4.39 Å². The molecule has 0 aliphatic heterocycles. The van der Waals surface area contributed by atoms with Crippen LogP contribution in [0.15, 0.2) is 52.3 Å². The minimum absolute atomic E-state index is 0.224. The van der Waals surface area contributed by atoms with E-state index in [2.05, 4.69) is 0 Å². The van der Waals surface area contributed by atoms with E-state index in [1.54, 1.807) is 23.9 Å². The average Bonchev–Trinajstić information content (AvgIpc) is 2.36. The molecule has 0 saturated carbocycles. The van der Waals surface area contributed by atoms with Gasteiger partial charge in [0.1, 0.15) is 5.82 Å². The average molecular weight is 282 g/mol. The third kappa shape index (κ3) is 3.48. The molecule has 94 valence electrons. The Bertz CT molecular complexity index is 528. The zero-order valence-electron chi connectivity index (χ0n) is 9.70. The van der Waals surface area contributed by atoms with Crippen molar-refractivity contribution in [2.45, 2.75) is 16.2 Å². The third-order valence-corrected chi connectivity index (χ3v) is 3.84. The van der Waals surface area contributed by atoms with E-state index in [-0.39, 0.29) is 5.82 Å². The van der Waals surface area contributed by atoms with Gasteiger partial charge in [-0.05, 0) is 61.0 Å². The molecule has 0 atom stereocenters. The third-order valence-electron chi connectivity index (χ3n) is 2.48. The molecule has 0 saturated heterocycles. The Morgan fingerprint density at radius 2 is 1.83 bits per heavy atom. The lowest BCUT2D eigenvalue weighted by Gasteiger charge is -2.09. The van der Waals surface area contributed by atoms with E-state index >= 15 is 0 Å². The van der Waals surface area contributed by atoms with Crippen LogP contribution in [0, 0.1) is 5.82 Å². The molecule has 0 aliphatic carbocycles. The molecule has 2 rings (SSSR count). The number of hydrogen-bond donors (Lipinski definition) is 1. The first-order chi connectivity index (χ1) is 8.69. The van der Waals surface area contributed by atoms with Gasteiger partial charge in [0, 0.05) is 14.8 Å². The topological polar surface area (TPSA) is 26.0 Å². The Morgan fingerprint density at radius 1 is 1.11 bits per heavy atom. The zero-order valence-corrected chi connectivity index (χ0v) is 11.3. The maximum atomic E-state index is 12.8. The van der Waals surface area contributed by atoms with Gasteiger partial charge in [0.25, 0.3) is 0 Å². The van der Waals surface area contributed by atoms with Crippen molar-refractivity contribution >= 4 is 23.4 Å². The van der Waals surface area contributed by atoms with E-state index in [1.807, 2.05) is 18.2 Å². The van der Waals surface area contributed by atoms with Crippen molar-refractivity contribution in [3.8, 4) is 0 Å². The zero-order chi connectivity index (χ0) is 13.0. The number of benzene rings is 2. The molecule has 0 unspecified atom stereocenters. The number of halogens is 2. The van der Waals surface area contributed by atoms with Gasteiger partial charge < -0.3 is 5.73 Å². The molecule has 0 heterocycles. The summed E-state index contributed by atoms with van der Waals surface area (Å²) in [6.45, 7) is 0.581. The summed E-state index contributed by atoms with van der Waals surface area (Å²) in [5.41, 5.74) is 6.72. The highest BCUT2D eigenvalue weighted by Gasteiger charge is 2.05. The van der Waals surface area contributed by atoms with Gasteiger partial charge >= 0.3 is 0 Å². The highest BCUT2D eigenvalue weighted by molar-refractivity contribution is 7.99. The number of rotatable bonds is 4. The maximum absolute atomic E-state index is 12.8. The van der Waals surface area contributed by atoms with Gasteiger partial charge in [-0.1, -0.05) is 23.4 Å². The van der Waals surface area contributed by atoms with Gasteiger partial charge in [0.15, 0.2) is 0 Å². The van der Waals surface area contributed by atoms with Crippen LogP contribution in [0.25, 0.3) is 0 Å². The SMILES string of the molecule is NCCc1cc(Cl)ccc1Sc1ccc(F)cc1. The van der Waals surface area contributed by atoms with Crippen LogP contribution >= 0.6 is 23.4 Å². The van der Waals surface area contributed by atoms with Crippen LogP contribution in [0.1, 0.15) is 5.56 Å². The monoisotopic (exact) mass is 281 g/mol. The molecular formula is C14H13ClFNS. The minimum Gasteiger partial charge on any atom is -0.330 e. The second kappa shape index (κ2) is 6.23. The van der Waals surface area contributed by atoms with Gasteiger partial charge in [-0.15, -0.1) is 0 Å². The van der Waals surface area contributed by atoms with Crippen molar-refractivity contribution in [1.82, 2.24) is 0 Å². The second-order valence-electron chi connectivity index (χ2n) is 3.85. The molecule has 0 bridgehead atoms. The summed E-state index contributed by atoms with van der Waals surface area (Å²) in [7, 11) is 0.